The van der Waals surface area contributed by atoms with E-state index in [4.69, 9.17) is 4.74 Å². The Hall–Kier alpha value is -1.78. The van der Waals surface area contributed by atoms with Crippen LogP contribution >= 0.6 is 0 Å². The molecular formula is C16H24N2O3. The van der Waals surface area contributed by atoms with Crippen molar-refractivity contribution in [1.82, 2.24) is 10.3 Å². The maximum atomic E-state index is 12.4. The van der Waals surface area contributed by atoms with E-state index in [1.807, 2.05) is 0 Å². The fourth-order valence-corrected chi connectivity index (χ4v) is 3.07. The molecule has 0 aliphatic heterocycles. The van der Waals surface area contributed by atoms with Crippen LogP contribution in [0.5, 0.6) is 0 Å². The number of amides is 1. The Kier molecular flexibility index (Phi) is 5.04. The number of H-pyrrole nitrogens is 1. The average Bonchev–Trinajstić information content (AvgIpc) is 2.65. The van der Waals surface area contributed by atoms with Gasteiger partial charge in [-0.15, -0.1) is 0 Å². The van der Waals surface area contributed by atoms with Crippen molar-refractivity contribution < 1.29 is 14.3 Å². The molecule has 0 aromatic carbocycles. The molecule has 1 aromatic heterocycles. The van der Waals surface area contributed by atoms with Crippen LogP contribution in [0, 0.1) is 13.8 Å². The van der Waals surface area contributed by atoms with Crippen LogP contribution in [0.4, 0.5) is 0 Å². The van der Waals surface area contributed by atoms with E-state index in [1.165, 1.54) is 32.8 Å². The van der Waals surface area contributed by atoms with Crippen molar-refractivity contribution in [3.05, 3.63) is 22.5 Å². The zero-order chi connectivity index (χ0) is 15.4. The molecule has 1 aliphatic rings. The summed E-state index contributed by atoms with van der Waals surface area (Å²) in [6, 6.07) is 0.240. The first-order chi connectivity index (χ1) is 10.0. The molecule has 0 radical (unpaired) electrons. The van der Waals surface area contributed by atoms with Gasteiger partial charge in [0.05, 0.1) is 12.7 Å². The van der Waals surface area contributed by atoms with Crippen LogP contribution in [0.1, 0.15) is 70.6 Å². The molecule has 0 unspecified atom stereocenters. The largest absolute Gasteiger partial charge is 0.465 e. The zero-order valence-electron chi connectivity index (χ0n) is 13.0. The number of ether oxygens (including phenoxy) is 1. The van der Waals surface area contributed by atoms with Gasteiger partial charge in [-0.05, 0) is 32.3 Å². The predicted molar refractivity (Wildman–Crippen MR) is 80.6 cm³/mol. The van der Waals surface area contributed by atoms with Gasteiger partial charge in [0.1, 0.15) is 5.69 Å². The van der Waals surface area contributed by atoms with Crippen LogP contribution < -0.4 is 5.32 Å². The number of carbonyl (C=O) groups excluding carboxylic acids is 2. The molecule has 0 saturated heterocycles. The summed E-state index contributed by atoms with van der Waals surface area (Å²) >= 11 is 0. The Labute approximate surface area is 125 Å². The van der Waals surface area contributed by atoms with Crippen LogP contribution in [0.2, 0.25) is 0 Å². The van der Waals surface area contributed by atoms with E-state index in [-0.39, 0.29) is 11.9 Å². The Morgan fingerprint density at radius 1 is 1.14 bits per heavy atom. The average molecular weight is 292 g/mol. The third-order valence-electron chi connectivity index (χ3n) is 4.24. The Morgan fingerprint density at radius 3 is 2.33 bits per heavy atom. The highest BCUT2D eigenvalue weighted by Crippen LogP contribution is 2.21. The molecule has 0 bridgehead atoms. The summed E-state index contributed by atoms with van der Waals surface area (Å²) in [4.78, 5) is 27.2. The van der Waals surface area contributed by atoms with Gasteiger partial charge in [-0.2, -0.15) is 0 Å². The van der Waals surface area contributed by atoms with Crippen LogP contribution in [0.25, 0.3) is 0 Å². The molecule has 0 spiro atoms. The second-order valence-corrected chi connectivity index (χ2v) is 5.78. The third-order valence-corrected chi connectivity index (χ3v) is 4.24. The number of carbonyl (C=O) groups is 2. The summed E-state index contributed by atoms with van der Waals surface area (Å²) in [5.74, 6) is -0.535. The van der Waals surface area contributed by atoms with Crippen LogP contribution in [0.3, 0.4) is 0 Å². The molecule has 1 heterocycles. The molecule has 0 atom stereocenters. The molecule has 1 fully saturated rings. The van der Waals surface area contributed by atoms with Crippen molar-refractivity contribution in [3.63, 3.8) is 0 Å². The third kappa shape index (κ3) is 3.46. The van der Waals surface area contributed by atoms with Gasteiger partial charge in [-0.25, -0.2) is 4.79 Å². The van der Waals surface area contributed by atoms with E-state index >= 15 is 0 Å². The quantitative estimate of drug-likeness (QED) is 0.664. The lowest BCUT2D eigenvalue weighted by Crippen LogP contribution is -2.35. The molecule has 2 N–H and O–H groups in total. The van der Waals surface area contributed by atoms with Crippen LogP contribution in [0.15, 0.2) is 0 Å². The normalized spacial score (nSPS) is 16.3. The highest BCUT2D eigenvalue weighted by Gasteiger charge is 2.24. The summed E-state index contributed by atoms with van der Waals surface area (Å²) in [5.41, 5.74) is 2.26. The molecule has 5 heteroatoms. The maximum absolute atomic E-state index is 12.4. The molecule has 1 aromatic rings. The molecular weight excluding hydrogens is 268 g/mol. The number of methoxy groups -OCH3 is 1. The minimum Gasteiger partial charge on any atom is -0.465 e. The van der Waals surface area contributed by atoms with Gasteiger partial charge >= 0.3 is 5.97 Å². The first-order valence-corrected chi connectivity index (χ1v) is 7.63. The van der Waals surface area contributed by atoms with Gasteiger partial charge in [0.25, 0.3) is 5.91 Å². The topological polar surface area (TPSA) is 71.2 Å². The van der Waals surface area contributed by atoms with Crippen molar-refractivity contribution in [2.75, 3.05) is 7.11 Å². The van der Waals surface area contributed by atoms with Crippen molar-refractivity contribution in [2.45, 2.75) is 58.4 Å². The van der Waals surface area contributed by atoms with Crippen molar-refractivity contribution in [1.29, 1.82) is 0 Å². The number of esters is 1. The number of hydrogen-bond acceptors (Lipinski definition) is 3. The van der Waals surface area contributed by atoms with Crippen molar-refractivity contribution >= 4 is 11.9 Å². The van der Waals surface area contributed by atoms with E-state index in [2.05, 4.69) is 10.3 Å². The number of nitrogens with one attached hydrogen (secondary N) is 2. The second kappa shape index (κ2) is 6.78. The van der Waals surface area contributed by atoms with Gasteiger partial charge in [0.2, 0.25) is 0 Å². The smallest absolute Gasteiger partial charge is 0.339 e. The highest BCUT2D eigenvalue weighted by molar-refractivity contribution is 6.00. The lowest BCUT2D eigenvalue weighted by Gasteiger charge is -2.16. The lowest BCUT2D eigenvalue weighted by molar-refractivity contribution is 0.0599. The van der Waals surface area contributed by atoms with E-state index in [0.29, 0.717) is 22.5 Å². The Bertz CT molecular complexity index is 526. The molecule has 1 saturated carbocycles. The summed E-state index contributed by atoms with van der Waals surface area (Å²) < 4.78 is 4.77. The van der Waals surface area contributed by atoms with Crippen molar-refractivity contribution in [3.8, 4) is 0 Å². The van der Waals surface area contributed by atoms with Crippen molar-refractivity contribution in [2.24, 2.45) is 0 Å². The second-order valence-electron chi connectivity index (χ2n) is 5.78. The first kappa shape index (κ1) is 15.6. The zero-order valence-corrected chi connectivity index (χ0v) is 13.0. The van der Waals surface area contributed by atoms with Gasteiger partial charge in [-0.1, -0.05) is 25.7 Å². The molecule has 1 amide bonds. The van der Waals surface area contributed by atoms with E-state index in [9.17, 15) is 9.59 Å². The number of rotatable bonds is 3. The fourth-order valence-electron chi connectivity index (χ4n) is 3.07. The van der Waals surface area contributed by atoms with Crippen LogP contribution in [-0.2, 0) is 4.74 Å². The highest BCUT2D eigenvalue weighted by atomic mass is 16.5. The maximum Gasteiger partial charge on any atom is 0.339 e. The lowest BCUT2D eigenvalue weighted by atomic mass is 10.1. The monoisotopic (exact) mass is 292 g/mol. The fraction of sp³-hybridized carbons (Fsp3) is 0.625. The first-order valence-electron chi connectivity index (χ1n) is 7.63. The number of aryl methyl sites for hydroxylation is 1. The van der Waals surface area contributed by atoms with E-state index < -0.39 is 5.97 Å². The van der Waals surface area contributed by atoms with Gasteiger partial charge in [0.15, 0.2) is 0 Å². The molecule has 21 heavy (non-hydrogen) atoms. The Morgan fingerprint density at radius 2 is 1.76 bits per heavy atom. The number of aromatic amines is 1. The molecule has 2 rings (SSSR count). The molecule has 1 aliphatic carbocycles. The minimum absolute atomic E-state index is 0.127. The van der Waals surface area contributed by atoms with E-state index in [1.54, 1.807) is 13.8 Å². The predicted octanol–water partition coefficient (Wildman–Crippen LogP) is 2.87. The van der Waals surface area contributed by atoms with Gasteiger partial charge in [-0.3, -0.25) is 4.79 Å². The Balaban J connectivity index is 2.14. The molecule has 116 valence electrons. The molecule has 5 nitrogen and oxygen atoms in total. The minimum atomic E-state index is -0.408. The van der Waals surface area contributed by atoms with Gasteiger partial charge < -0.3 is 15.0 Å². The van der Waals surface area contributed by atoms with Crippen LogP contribution in [-0.4, -0.2) is 30.0 Å². The summed E-state index contributed by atoms with van der Waals surface area (Å²) in [7, 11) is 1.35. The van der Waals surface area contributed by atoms with Gasteiger partial charge in [0, 0.05) is 11.7 Å². The summed E-state index contributed by atoms with van der Waals surface area (Å²) in [6.45, 7) is 3.56. The summed E-state index contributed by atoms with van der Waals surface area (Å²) in [5, 5.41) is 3.09. The number of hydrogen-bond donors (Lipinski definition) is 2. The number of aromatic nitrogens is 1. The standard InChI is InChI=1S/C16H24N2O3/c1-10-13(16(20)21-3)11(2)17-14(10)15(19)18-12-8-6-4-5-7-9-12/h12,17H,4-9H2,1-3H3,(H,18,19). The van der Waals surface area contributed by atoms with E-state index in [0.717, 1.165) is 12.8 Å². The summed E-state index contributed by atoms with van der Waals surface area (Å²) in [6.07, 6.45) is 6.91. The SMILES string of the molecule is COC(=O)c1c(C)[nH]c(C(=O)NC2CCCCCC2)c1C.